The van der Waals surface area contributed by atoms with E-state index in [0.717, 1.165) is 11.1 Å². The molecule has 0 unspecified atom stereocenters. The number of hydrogen-bond acceptors (Lipinski definition) is 5. The molecule has 4 N–H and O–H groups in total. The number of rotatable bonds is 5. The Morgan fingerprint density at radius 3 is 2.21 bits per heavy atom. The molecule has 176 valence electrons. The van der Waals surface area contributed by atoms with E-state index in [0.29, 0.717) is 17.7 Å². The number of nitrogens with zero attached hydrogens (tertiary/aromatic N) is 3. The summed E-state index contributed by atoms with van der Waals surface area (Å²) in [5, 5.41) is 14.0. The van der Waals surface area contributed by atoms with E-state index in [1.165, 1.54) is 16.0 Å². The molecule has 0 atom stereocenters. The number of alkyl halides is 3. The molecule has 3 aromatic rings. The van der Waals surface area contributed by atoms with E-state index >= 15 is 0 Å². The van der Waals surface area contributed by atoms with Gasteiger partial charge < -0.3 is 16.2 Å². The number of nitrogens with one attached hydrogen (secondary N) is 1. The first-order valence-corrected chi connectivity index (χ1v) is 9.21. The molecule has 3 rings (SSSR count). The Hall–Kier alpha value is -4.00. The number of amides is 1. The summed E-state index contributed by atoms with van der Waals surface area (Å²) >= 11 is 0. The van der Waals surface area contributed by atoms with Gasteiger partial charge in [0.15, 0.2) is 5.65 Å². The minimum absolute atomic E-state index is 0.00819. The number of aliphatic carboxylic acids is 1. The predicted molar refractivity (Wildman–Crippen MR) is 111 cm³/mol. The highest BCUT2D eigenvalue weighted by Crippen LogP contribution is 2.21. The van der Waals surface area contributed by atoms with Crippen molar-refractivity contribution in [2.24, 2.45) is 5.73 Å². The number of carbonyl (C=O) groups is 2. The number of halogens is 4. The van der Waals surface area contributed by atoms with E-state index in [1.54, 1.807) is 24.4 Å². The predicted octanol–water partition coefficient (Wildman–Crippen LogP) is 2.57. The van der Waals surface area contributed by atoms with Crippen LogP contribution in [0.4, 0.5) is 23.2 Å². The first-order valence-electron chi connectivity index (χ1n) is 9.21. The van der Waals surface area contributed by atoms with Crippen molar-refractivity contribution in [1.82, 2.24) is 14.2 Å². The molecule has 1 aromatic carbocycles. The van der Waals surface area contributed by atoms with Crippen LogP contribution in [0.5, 0.6) is 0 Å². The summed E-state index contributed by atoms with van der Waals surface area (Å²) in [5.74, 6) is -2.90. The van der Waals surface area contributed by atoms with Crippen molar-refractivity contribution in [3.63, 3.8) is 0 Å². The summed E-state index contributed by atoms with van der Waals surface area (Å²) in [6.45, 7) is 1.47. The fourth-order valence-corrected chi connectivity index (χ4v) is 2.58. The topological polar surface area (TPSA) is 132 Å². The number of pyridine rings is 1. The average Bonchev–Trinajstić information content (AvgIpc) is 3.06. The van der Waals surface area contributed by atoms with Gasteiger partial charge in [-0.1, -0.05) is 12.1 Å². The maximum atomic E-state index is 12.7. The number of fused-ring (bicyclic) bond motifs is 1. The Morgan fingerprint density at radius 2 is 1.73 bits per heavy atom. The number of carboxylic acids is 1. The van der Waals surface area contributed by atoms with Crippen molar-refractivity contribution in [1.29, 1.82) is 0 Å². The number of aromatic nitrogens is 3. The Kier molecular flexibility index (Phi) is 8.07. The van der Waals surface area contributed by atoms with Gasteiger partial charge in [0, 0.05) is 25.4 Å². The molecular formula is C20H19F4N5O4. The minimum atomic E-state index is -5.08. The van der Waals surface area contributed by atoms with Crippen molar-refractivity contribution >= 4 is 23.2 Å². The van der Waals surface area contributed by atoms with Crippen LogP contribution >= 0.6 is 0 Å². The van der Waals surface area contributed by atoms with Crippen LogP contribution in [0.3, 0.4) is 0 Å². The maximum absolute atomic E-state index is 12.7. The van der Waals surface area contributed by atoms with Gasteiger partial charge >= 0.3 is 17.8 Å². The standard InChI is InChI=1S/C18H18FN5O2.C2HF3O2/c1-12(25)21-16-5-2-14(3-6-16)15-4-7-17-22-24(10-13(8-19)9-20)18(26)23(17)11-15;3-2(4,5)1(6)7/h2-8,11H,9-10,20H2,1H3,(H,21,25);(H,6,7)/b13-8+;. The van der Waals surface area contributed by atoms with Crippen LogP contribution in [0.2, 0.25) is 0 Å². The molecule has 1 amide bonds. The molecular weight excluding hydrogens is 450 g/mol. The molecule has 0 fully saturated rings. The zero-order chi connectivity index (χ0) is 24.8. The van der Waals surface area contributed by atoms with Crippen molar-refractivity contribution in [2.75, 3.05) is 11.9 Å². The molecule has 0 aliphatic rings. The molecule has 0 radical (unpaired) electrons. The normalized spacial score (nSPS) is 11.6. The van der Waals surface area contributed by atoms with E-state index in [-0.39, 0.29) is 30.3 Å². The summed E-state index contributed by atoms with van der Waals surface area (Å²) in [4.78, 5) is 32.5. The maximum Gasteiger partial charge on any atom is 0.490 e. The summed E-state index contributed by atoms with van der Waals surface area (Å²) in [5.41, 5.74) is 8.20. The van der Waals surface area contributed by atoms with Gasteiger partial charge in [-0.25, -0.2) is 23.1 Å². The van der Waals surface area contributed by atoms with E-state index in [9.17, 15) is 27.2 Å². The number of anilines is 1. The van der Waals surface area contributed by atoms with Crippen molar-refractivity contribution in [3.8, 4) is 11.1 Å². The fraction of sp³-hybridized carbons (Fsp3) is 0.200. The van der Waals surface area contributed by atoms with Gasteiger partial charge in [-0.2, -0.15) is 13.2 Å². The Balaban J connectivity index is 0.000000479. The van der Waals surface area contributed by atoms with E-state index in [2.05, 4.69) is 10.4 Å². The summed E-state index contributed by atoms with van der Waals surface area (Å²) in [6, 6.07) is 10.8. The van der Waals surface area contributed by atoms with Gasteiger partial charge in [-0.15, -0.1) is 5.10 Å². The summed E-state index contributed by atoms with van der Waals surface area (Å²) < 4.78 is 47.0. The highest BCUT2D eigenvalue weighted by molar-refractivity contribution is 5.89. The third-order valence-corrected chi connectivity index (χ3v) is 4.13. The van der Waals surface area contributed by atoms with Crippen molar-refractivity contribution in [2.45, 2.75) is 19.6 Å². The van der Waals surface area contributed by atoms with Crippen LogP contribution in [-0.4, -0.2) is 43.9 Å². The molecule has 9 nitrogen and oxygen atoms in total. The second kappa shape index (κ2) is 10.5. The zero-order valence-corrected chi connectivity index (χ0v) is 17.1. The molecule has 0 spiro atoms. The quantitative estimate of drug-likeness (QED) is 0.492. The number of benzene rings is 1. The van der Waals surface area contributed by atoms with Gasteiger partial charge in [0.25, 0.3) is 0 Å². The Labute approximate surface area is 183 Å². The lowest BCUT2D eigenvalue weighted by atomic mass is 10.1. The van der Waals surface area contributed by atoms with Gasteiger partial charge in [0.1, 0.15) is 0 Å². The molecule has 0 aliphatic heterocycles. The first-order chi connectivity index (χ1) is 15.5. The molecule has 2 aromatic heterocycles. The Bertz CT molecular complexity index is 1230. The lowest BCUT2D eigenvalue weighted by molar-refractivity contribution is -0.192. The Morgan fingerprint density at radius 1 is 1.15 bits per heavy atom. The molecule has 0 aliphatic carbocycles. The molecule has 0 saturated carbocycles. The lowest BCUT2D eigenvalue weighted by Crippen LogP contribution is -2.23. The number of nitrogens with two attached hydrogens (primary N) is 1. The largest absolute Gasteiger partial charge is 0.490 e. The van der Waals surface area contributed by atoms with Crippen molar-refractivity contribution in [3.05, 3.63) is 65.0 Å². The third kappa shape index (κ3) is 6.74. The van der Waals surface area contributed by atoms with Gasteiger partial charge in [0.2, 0.25) is 5.91 Å². The smallest absolute Gasteiger partial charge is 0.475 e. The first kappa shape index (κ1) is 25.3. The van der Waals surface area contributed by atoms with Crippen LogP contribution in [0.25, 0.3) is 16.8 Å². The average molecular weight is 469 g/mol. The van der Waals surface area contributed by atoms with E-state index in [4.69, 9.17) is 15.6 Å². The van der Waals surface area contributed by atoms with Crippen LogP contribution in [0.15, 0.2) is 59.3 Å². The summed E-state index contributed by atoms with van der Waals surface area (Å²) in [7, 11) is 0. The van der Waals surface area contributed by atoms with Crippen LogP contribution in [0.1, 0.15) is 6.92 Å². The van der Waals surface area contributed by atoms with E-state index in [1.807, 2.05) is 18.2 Å². The van der Waals surface area contributed by atoms with Gasteiger partial charge in [0.05, 0.1) is 12.9 Å². The van der Waals surface area contributed by atoms with E-state index < -0.39 is 12.1 Å². The highest BCUT2D eigenvalue weighted by Gasteiger charge is 2.38. The van der Waals surface area contributed by atoms with Gasteiger partial charge in [-0.3, -0.25) is 4.79 Å². The second-order valence-corrected chi connectivity index (χ2v) is 6.62. The third-order valence-electron chi connectivity index (χ3n) is 4.13. The monoisotopic (exact) mass is 469 g/mol. The molecule has 13 heteroatoms. The molecule has 33 heavy (non-hydrogen) atoms. The molecule has 0 saturated heterocycles. The van der Waals surface area contributed by atoms with Crippen LogP contribution < -0.4 is 16.7 Å². The summed E-state index contributed by atoms with van der Waals surface area (Å²) in [6.07, 6.45) is -3.01. The number of carboxylic acid groups (broad SMARTS) is 1. The fourth-order valence-electron chi connectivity index (χ4n) is 2.58. The minimum Gasteiger partial charge on any atom is -0.475 e. The molecule has 0 bridgehead atoms. The number of carbonyl (C=O) groups excluding carboxylic acids is 1. The highest BCUT2D eigenvalue weighted by atomic mass is 19.4. The van der Waals surface area contributed by atoms with Crippen LogP contribution in [0, 0.1) is 0 Å². The lowest BCUT2D eigenvalue weighted by Gasteiger charge is -2.05. The SMILES string of the molecule is CC(=O)Nc1ccc(-c2ccc3nn(C/C(=C/F)CN)c(=O)n3c2)cc1.O=C(O)C(F)(F)F. The van der Waals surface area contributed by atoms with Crippen molar-refractivity contribution < 1.29 is 32.3 Å². The van der Waals surface area contributed by atoms with Crippen LogP contribution in [-0.2, 0) is 16.1 Å². The number of hydrogen-bond donors (Lipinski definition) is 3. The second-order valence-electron chi connectivity index (χ2n) is 6.62. The molecule has 2 heterocycles. The van der Waals surface area contributed by atoms with Gasteiger partial charge in [-0.05, 0) is 41.0 Å². The zero-order valence-electron chi connectivity index (χ0n) is 17.1.